The van der Waals surface area contributed by atoms with Crippen LogP contribution in [0.3, 0.4) is 0 Å². The molecule has 0 radical (unpaired) electrons. The van der Waals surface area contributed by atoms with Gasteiger partial charge in [0.1, 0.15) is 6.10 Å². The largest absolute Gasteiger partial charge is 0.385 e. The molecular weight excluding hydrogens is 295 g/mol. The van der Waals surface area contributed by atoms with Crippen molar-refractivity contribution in [1.29, 1.82) is 0 Å². The molecule has 112 valence electrons. The average Bonchev–Trinajstić information content (AvgIpc) is 2.68. The first-order valence-corrected chi connectivity index (χ1v) is 8.11. The maximum Gasteiger partial charge on any atom is 0.108 e. The van der Waals surface area contributed by atoms with Crippen LogP contribution in [0.2, 0.25) is 10.0 Å². The summed E-state index contributed by atoms with van der Waals surface area (Å²) in [5.74, 6) is 0. The second kappa shape index (κ2) is 7.13. The van der Waals surface area contributed by atoms with Crippen LogP contribution < -0.4 is 0 Å². The molecule has 2 rings (SSSR count). The van der Waals surface area contributed by atoms with Crippen LogP contribution in [0.25, 0.3) is 0 Å². The zero-order chi connectivity index (χ0) is 14.6. The molecule has 4 heteroatoms. The normalized spacial score (nSPS) is 20.4. The molecule has 1 aliphatic carbocycles. The van der Waals surface area contributed by atoms with Crippen molar-refractivity contribution in [2.24, 2.45) is 0 Å². The highest BCUT2D eigenvalue weighted by Gasteiger charge is 2.39. The van der Waals surface area contributed by atoms with Crippen molar-refractivity contribution in [2.75, 3.05) is 6.61 Å². The summed E-state index contributed by atoms with van der Waals surface area (Å²) in [6, 6.07) is 5.32. The fourth-order valence-corrected chi connectivity index (χ4v) is 3.40. The van der Waals surface area contributed by atoms with Gasteiger partial charge in [0, 0.05) is 6.61 Å². The van der Waals surface area contributed by atoms with Crippen LogP contribution in [0.4, 0.5) is 0 Å². The van der Waals surface area contributed by atoms with Crippen LogP contribution in [0, 0.1) is 0 Å². The van der Waals surface area contributed by atoms with Crippen molar-refractivity contribution >= 4 is 23.2 Å². The van der Waals surface area contributed by atoms with E-state index >= 15 is 0 Å². The van der Waals surface area contributed by atoms with Gasteiger partial charge in [0.2, 0.25) is 0 Å². The molecule has 1 aliphatic rings. The van der Waals surface area contributed by atoms with Crippen molar-refractivity contribution in [2.45, 2.75) is 57.2 Å². The molecule has 1 N–H and O–H groups in total. The molecule has 0 heterocycles. The maximum absolute atomic E-state index is 10.8. The van der Waals surface area contributed by atoms with E-state index in [1.165, 1.54) is 12.8 Å². The Morgan fingerprint density at radius 2 is 1.80 bits per heavy atom. The smallest absolute Gasteiger partial charge is 0.108 e. The second-order valence-corrected chi connectivity index (χ2v) is 6.30. The molecule has 0 bridgehead atoms. The lowest BCUT2D eigenvalue weighted by atomic mass is 9.84. The molecule has 0 aliphatic heterocycles. The van der Waals surface area contributed by atoms with Crippen LogP contribution in [-0.4, -0.2) is 17.3 Å². The summed E-state index contributed by atoms with van der Waals surface area (Å²) in [6.45, 7) is 2.59. The van der Waals surface area contributed by atoms with Gasteiger partial charge in [0.15, 0.2) is 0 Å². The third-order valence-corrected chi connectivity index (χ3v) is 4.88. The van der Waals surface area contributed by atoms with Crippen molar-refractivity contribution in [3.63, 3.8) is 0 Å². The summed E-state index contributed by atoms with van der Waals surface area (Å²) in [4.78, 5) is 0. The van der Waals surface area contributed by atoms with E-state index in [2.05, 4.69) is 0 Å². The Balaban J connectivity index is 2.29. The number of aliphatic hydroxyl groups is 1. The van der Waals surface area contributed by atoms with Gasteiger partial charge in [-0.1, -0.05) is 55.0 Å². The number of hydrogen-bond acceptors (Lipinski definition) is 2. The molecule has 20 heavy (non-hydrogen) atoms. The van der Waals surface area contributed by atoms with Crippen molar-refractivity contribution < 1.29 is 9.84 Å². The Morgan fingerprint density at radius 1 is 1.15 bits per heavy atom. The Kier molecular flexibility index (Phi) is 5.74. The van der Waals surface area contributed by atoms with Gasteiger partial charge in [-0.05, 0) is 37.5 Å². The summed E-state index contributed by atoms with van der Waals surface area (Å²) in [5.41, 5.74) is 0.303. The molecule has 0 saturated heterocycles. The summed E-state index contributed by atoms with van der Waals surface area (Å²) in [5, 5.41) is 11.8. The molecule has 1 aromatic rings. The Morgan fingerprint density at radius 3 is 2.35 bits per heavy atom. The predicted molar refractivity (Wildman–Crippen MR) is 83.5 cm³/mol. The summed E-state index contributed by atoms with van der Waals surface area (Å²) in [7, 11) is 0. The number of hydrogen-bond donors (Lipinski definition) is 1. The Hall–Kier alpha value is -0.280. The minimum absolute atomic E-state index is 0.475. The number of rotatable bonds is 4. The number of aliphatic hydroxyl groups excluding tert-OH is 1. The van der Waals surface area contributed by atoms with Gasteiger partial charge in [0.05, 0.1) is 15.6 Å². The molecule has 1 fully saturated rings. The van der Waals surface area contributed by atoms with Crippen LogP contribution in [0.5, 0.6) is 0 Å². The van der Waals surface area contributed by atoms with E-state index in [0.717, 1.165) is 31.2 Å². The van der Waals surface area contributed by atoms with Crippen molar-refractivity contribution in [1.82, 2.24) is 0 Å². The third kappa shape index (κ3) is 3.48. The van der Waals surface area contributed by atoms with Gasteiger partial charge in [-0.3, -0.25) is 0 Å². The van der Waals surface area contributed by atoms with E-state index in [1.54, 1.807) is 12.1 Å². The highest BCUT2D eigenvalue weighted by molar-refractivity contribution is 6.42. The van der Waals surface area contributed by atoms with Crippen LogP contribution >= 0.6 is 23.2 Å². The standard InChI is InChI=1S/C16H22Cl2O2/c1-2-20-16(9-5-3-4-6-10-16)15(19)12-7-8-13(17)14(18)11-12/h7-8,11,15,19H,2-6,9-10H2,1H3. The molecule has 1 unspecified atom stereocenters. The van der Waals surface area contributed by atoms with Crippen molar-refractivity contribution in [3.05, 3.63) is 33.8 Å². The summed E-state index contributed by atoms with van der Waals surface area (Å²) in [6.07, 6.45) is 5.74. The quantitative estimate of drug-likeness (QED) is 0.778. The second-order valence-electron chi connectivity index (χ2n) is 5.49. The lowest BCUT2D eigenvalue weighted by Crippen LogP contribution is -2.39. The third-order valence-electron chi connectivity index (χ3n) is 4.14. The maximum atomic E-state index is 10.8. The van der Waals surface area contributed by atoms with E-state index in [0.29, 0.717) is 16.7 Å². The topological polar surface area (TPSA) is 29.5 Å². The van der Waals surface area contributed by atoms with E-state index in [-0.39, 0.29) is 0 Å². The van der Waals surface area contributed by atoms with Gasteiger partial charge in [-0.15, -0.1) is 0 Å². The predicted octanol–water partition coefficient (Wildman–Crippen LogP) is 5.16. The lowest BCUT2D eigenvalue weighted by Gasteiger charge is -2.37. The molecular formula is C16H22Cl2O2. The van der Waals surface area contributed by atoms with Crippen LogP contribution in [-0.2, 0) is 4.74 Å². The number of halogens is 2. The van der Waals surface area contributed by atoms with Crippen LogP contribution in [0.1, 0.15) is 57.1 Å². The molecule has 1 aromatic carbocycles. The van der Waals surface area contributed by atoms with Gasteiger partial charge >= 0.3 is 0 Å². The molecule has 0 amide bonds. The van der Waals surface area contributed by atoms with Crippen molar-refractivity contribution in [3.8, 4) is 0 Å². The van der Waals surface area contributed by atoms with E-state index in [4.69, 9.17) is 27.9 Å². The average molecular weight is 317 g/mol. The molecule has 0 aromatic heterocycles. The lowest BCUT2D eigenvalue weighted by molar-refractivity contribution is -0.131. The number of ether oxygens (including phenoxy) is 1. The first-order chi connectivity index (χ1) is 9.59. The number of benzene rings is 1. The summed E-state index contributed by atoms with van der Waals surface area (Å²) >= 11 is 12.0. The molecule has 2 nitrogen and oxygen atoms in total. The minimum atomic E-state index is -0.657. The Bertz CT molecular complexity index is 440. The van der Waals surface area contributed by atoms with Gasteiger partial charge < -0.3 is 9.84 Å². The zero-order valence-electron chi connectivity index (χ0n) is 11.9. The first kappa shape index (κ1) is 16.1. The highest BCUT2D eigenvalue weighted by atomic mass is 35.5. The Labute approximate surface area is 131 Å². The zero-order valence-corrected chi connectivity index (χ0v) is 13.4. The SMILES string of the molecule is CCOC1(C(O)c2ccc(Cl)c(Cl)c2)CCCCCC1. The molecule has 1 saturated carbocycles. The monoisotopic (exact) mass is 316 g/mol. The highest BCUT2D eigenvalue weighted by Crippen LogP contribution is 2.41. The van der Waals surface area contributed by atoms with E-state index in [9.17, 15) is 5.11 Å². The molecule has 1 atom stereocenters. The van der Waals surface area contributed by atoms with E-state index in [1.807, 2.05) is 13.0 Å². The minimum Gasteiger partial charge on any atom is -0.385 e. The van der Waals surface area contributed by atoms with Gasteiger partial charge in [0.25, 0.3) is 0 Å². The van der Waals surface area contributed by atoms with Gasteiger partial charge in [-0.25, -0.2) is 0 Å². The summed E-state index contributed by atoms with van der Waals surface area (Å²) < 4.78 is 6.01. The fourth-order valence-electron chi connectivity index (χ4n) is 3.10. The first-order valence-electron chi connectivity index (χ1n) is 7.36. The van der Waals surface area contributed by atoms with Gasteiger partial charge in [-0.2, -0.15) is 0 Å². The van der Waals surface area contributed by atoms with Crippen LogP contribution in [0.15, 0.2) is 18.2 Å². The fraction of sp³-hybridized carbons (Fsp3) is 0.625. The molecule has 0 spiro atoms. The van der Waals surface area contributed by atoms with E-state index < -0.39 is 11.7 Å².